The van der Waals surface area contributed by atoms with Crippen molar-refractivity contribution >= 4 is 11.8 Å². The molecule has 0 aromatic carbocycles. The van der Waals surface area contributed by atoms with Crippen molar-refractivity contribution < 1.29 is 9.59 Å². The lowest BCUT2D eigenvalue weighted by molar-refractivity contribution is -0.136. The Morgan fingerprint density at radius 3 is 2.35 bits per heavy atom. The van der Waals surface area contributed by atoms with E-state index in [0.717, 1.165) is 25.8 Å². The first-order valence-corrected chi connectivity index (χ1v) is 7.86. The highest BCUT2D eigenvalue weighted by atomic mass is 16.2. The number of piperidine rings is 1. The molecule has 0 aliphatic carbocycles. The van der Waals surface area contributed by atoms with Crippen LogP contribution in [0.3, 0.4) is 0 Å². The summed E-state index contributed by atoms with van der Waals surface area (Å²) in [6.45, 7) is 11.3. The standard InChI is InChI=1S/C16H30N2O2/c1-6-8-12-9-13(17-15(20)16(3,4)5)11-18(10-12)14(19)7-2/h12-13H,6-11H2,1-5H3,(H,17,20). The second-order valence-corrected chi connectivity index (χ2v) is 6.96. The van der Waals surface area contributed by atoms with Crippen LogP contribution in [0.4, 0.5) is 0 Å². The van der Waals surface area contributed by atoms with E-state index >= 15 is 0 Å². The molecule has 0 radical (unpaired) electrons. The first-order chi connectivity index (χ1) is 9.27. The number of rotatable bonds is 4. The van der Waals surface area contributed by atoms with Crippen molar-refractivity contribution in [3.05, 3.63) is 0 Å². The molecule has 4 nitrogen and oxygen atoms in total. The van der Waals surface area contributed by atoms with Crippen LogP contribution in [-0.4, -0.2) is 35.8 Å². The largest absolute Gasteiger partial charge is 0.351 e. The second-order valence-electron chi connectivity index (χ2n) is 6.96. The van der Waals surface area contributed by atoms with Gasteiger partial charge in [-0.3, -0.25) is 9.59 Å². The zero-order chi connectivity index (χ0) is 15.3. The van der Waals surface area contributed by atoms with E-state index in [1.807, 2.05) is 32.6 Å². The summed E-state index contributed by atoms with van der Waals surface area (Å²) >= 11 is 0. The van der Waals surface area contributed by atoms with Crippen LogP contribution in [0.25, 0.3) is 0 Å². The zero-order valence-corrected chi connectivity index (χ0v) is 13.7. The fraction of sp³-hybridized carbons (Fsp3) is 0.875. The Morgan fingerprint density at radius 2 is 1.85 bits per heavy atom. The lowest BCUT2D eigenvalue weighted by Crippen LogP contribution is -2.54. The number of nitrogens with one attached hydrogen (secondary N) is 1. The second kappa shape index (κ2) is 7.09. The molecule has 1 aliphatic rings. The molecule has 2 amide bonds. The average molecular weight is 282 g/mol. The number of likely N-dealkylation sites (tertiary alicyclic amines) is 1. The number of carbonyl (C=O) groups is 2. The molecule has 0 saturated carbocycles. The normalized spacial score (nSPS) is 23.6. The SMILES string of the molecule is CCCC1CC(NC(=O)C(C)(C)C)CN(C(=O)CC)C1. The molecule has 0 spiro atoms. The molecule has 1 rings (SSSR count). The van der Waals surface area contributed by atoms with Gasteiger partial charge in [0.2, 0.25) is 11.8 Å². The van der Waals surface area contributed by atoms with Gasteiger partial charge in [-0.1, -0.05) is 41.0 Å². The lowest BCUT2D eigenvalue weighted by Gasteiger charge is -2.39. The molecule has 116 valence electrons. The van der Waals surface area contributed by atoms with Crippen molar-refractivity contribution in [3.8, 4) is 0 Å². The molecular weight excluding hydrogens is 252 g/mol. The highest BCUT2D eigenvalue weighted by molar-refractivity contribution is 5.82. The van der Waals surface area contributed by atoms with E-state index in [1.165, 1.54) is 0 Å². The molecule has 1 heterocycles. The summed E-state index contributed by atoms with van der Waals surface area (Å²) in [5, 5.41) is 3.12. The third kappa shape index (κ3) is 4.80. The minimum Gasteiger partial charge on any atom is -0.351 e. The zero-order valence-electron chi connectivity index (χ0n) is 13.7. The van der Waals surface area contributed by atoms with Crippen LogP contribution >= 0.6 is 0 Å². The minimum atomic E-state index is -0.378. The van der Waals surface area contributed by atoms with Gasteiger partial charge in [0.15, 0.2) is 0 Å². The summed E-state index contributed by atoms with van der Waals surface area (Å²) in [6, 6.07) is 0.0996. The molecule has 0 bridgehead atoms. The highest BCUT2D eigenvalue weighted by Gasteiger charge is 2.32. The van der Waals surface area contributed by atoms with Gasteiger partial charge >= 0.3 is 0 Å². The van der Waals surface area contributed by atoms with Gasteiger partial charge in [0.05, 0.1) is 0 Å². The Bertz CT molecular complexity index is 347. The minimum absolute atomic E-state index is 0.0727. The Labute approximate surface area is 123 Å². The number of nitrogens with zero attached hydrogens (tertiary/aromatic N) is 1. The van der Waals surface area contributed by atoms with Gasteiger partial charge in [-0.2, -0.15) is 0 Å². The number of amides is 2. The molecule has 1 fully saturated rings. The van der Waals surface area contributed by atoms with E-state index in [-0.39, 0.29) is 23.3 Å². The number of hydrogen-bond donors (Lipinski definition) is 1. The molecule has 1 N–H and O–H groups in total. The van der Waals surface area contributed by atoms with Crippen molar-refractivity contribution in [2.45, 2.75) is 66.3 Å². The van der Waals surface area contributed by atoms with Gasteiger partial charge < -0.3 is 10.2 Å². The number of carbonyl (C=O) groups excluding carboxylic acids is 2. The summed E-state index contributed by atoms with van der Waals surface area (Å²) < 4.78 is 0. The van der Waals surface area contributed by atoms with Crippen LogP contribution in [0, 0.1) is 11.3 Å². The first kappa shape index (κ1) is 17.0. The predicted molar refractivity (Wildman–Crippen MR) is 81.3 cm³/mol. The topological polar surface area (TPSA) is 49.4 Å². The molecule has 2 unspecified atom stereocenters. The van der Waals surface area contributed by atoms with Crippen molar-refractivity contribution in [2.75, 3.05) is 13.1 Å². The van der Waals surface area contributed by atoms with Crippen LogP contribution in [0.5, 0.6) is 0 Å². The maximum absolute atomic E-state index is 12.1. The fourth-order valence-electron chi connectivity index (χ4n) is 2.75. The van der Waals surface area contributed by atoms with Gasteiger partial charge in [-0.05, 0) is 18.8 Å². The van der Waals surface area contributed by atoms with Gasteiger partial charge in [-0.15, -0.1) is 0 Å². The maximum Gasteiger partial charge on any atom is 0.225 e. The average Bonchev–Trinajstić information content (AvgIpc) is 2.36. The summed E-state index contributed by atoms with van der Waals surface area (Å²) in [5.74, 6) is 0.777. The van der Waals surface area contributed by atoms with E-state index in [4.69, 9.17) is 0 Å². The van der Waals surface area contributed by atoms with Crippen molar-refractivity contribution in [1.82, 2.24) is 10.2 Å². The third-order valence-corrected chi connectivity index (χ3v) is 3.91. The summed E-state index contributed by atoms with van der Waals surface area (Å²) in [7, 11) is 0. The first-order valence-electron chi connectivity index (χ1n) is 7.86. The monoisotopic (exact) mass is 282 g/mol. The molecule has 4 heteroatoms. The summed E-state index contributed by atoms with van der Waals surface area (Å²) in [4.78, 5) is 26.0. The number of hydrogen-bond acceptors (Lipinski definition) is 2. The third-order valence-electron chi connectivity index (χ3n) is 3.91. The Kier molecular flexibility index (Phi) is 6.03. The van der Waals surface area contributed by atoms with Crippen molar-refractivity contribution in [1.29, 1.82) is 0 Å². The van der Waals surface area contributed by atoms with Gasteiger partial charge in [-0.25, -0.2) is 0 Å². The highest BCUT2D eigenvalue weighted by Crippen LogP contribution is 2.23. The predicted octanol–water partition coefficient (Wildman–Crippen LogP) is 2.58. The molecular formula is C16H30N2O2. The van der Waals surface area contributed by atoms with Crippen LogP contribution < -0.4 is 5.32 Å². The molecule has 2 atom stereocenters. The molecule has 0 aromatic rings. The Hall–Kier alpha value is -1.06. The maximum atomic E-state index is 12.1. The van der Waals surface area contributed by atoms with Gasteiger partial charge in [0, 0.05) is 31.0 Å². The van der Waals surface area contributed by atoms with Gasteiger partial charge in [0.1, 0.15) is 0 Å². The van der Waals surface area contributed by atoms with Crippen LogP contribution in [0.1, 0.15) is 60.3 Å². The lowest BCUT2D eigenvalue weighted by atomic mass is 9.89. The summed E-state index contributed by atoms with van der Waals surface area (Å²) in [5.41, 5.74) is -0.378. The molecule has 20 heavy (non-hydrogen) atoms. The van der Waals surface area contributed by atoms with E-state index in [1.54, 1.807) is 0 Å². The molecule has 0 aromatic heterocycles. The van der Waals surface area contributed by atoms with Crippen molar-refractivity contribution in [3.63, 3.8) is 0 Å². The smallest absolute Gasteiger partial charge is 0.225 e. The van der Waals surface area contributed by atoms with Gasteiger partial charge in [0.25, 0.3) is 0 Å². The Balaban J connectivity index is 2.69. The van der Waals surface area contributed by atoms with Crippen LogP contribution in [0.15, 0.2) is 0 Å². The van der Waals surface area contributed by atoms with E-state index in [2.05, 4.69) is 12.2 Å². The quantitative estimate of drug-likeness (QED) is 0.861. The van der Waals surface area contributed by atoms with E-state index in [0.29, 0.717) is 18.9 Å². The van der Waals surface area contributed by atoms with Crippen molar-refractivity contribution in [2.24, 2.45) is 11.3 Å². The van der Waals surface area contributed by atoms with Crippen LogP contribution in [0.2, 0.25) is 0 Å². The van der Waals surface area contributed by atoms with Crippen LogP contribution in [-0.2, 0) is 9.59 Å². The van der Waals surface area contributed by atoms with E-state index in [9.17, 15) is 9.59 Å². The summed E-state index contributed by atoms with van der Waals surface area (Å²) in [6.07, 6.45) is 3.77. The molecule has 1 aliphatic heterocycles. The molecule has 1 saturated heterocycles. The fourth-order valence-corrected chi connectivity index (χ4v) is 2.75. The Morgan fingerprint density at radius 1 is 1.20 bits per heavy atom. The van der Waals surface area contributed by atoms with E-state index < -0.39 is 0 Å².